The Morgan fingerprint density at radius 1 is 1.12 bits per heavy atom. The summed E-state index contributed by atoms with van der Waals surface area (Å²) in [5, 5.41) is 11.3. The minimum atomic E-state index is -0.236. The lowest BCUT2D eigenvalue weighted by atomic mass is 10.2. The standard InChI is InChI=1S/C19H19ClFN5/c1-22-19(24-12-15-4-2-3-5-18(15)21)23-10-14-11-25-26(13-14)17-8-6-16(20)7-9-17/h2-9,11,13H,10,12H2,1H3,(H2,22,23,24). The van der Waals surface area contributed by atoms with Gasteiger partial charge in [-0.25, -0.2) is 9.07 Å². The van der Waals surface area contributed by atoms with Crippen LogP contribution in [0.2, 0.25) is 5.02 Å². The van der Waals surface area contributed by atoms with Crippen molar-refractivity contribution in [2.75, 3.05) is 7.05 Å². The molecule has 1 heterocycles. The van der Waals surface area contributed by atoms with Gasteiger partial charge in [0.05, 0.1) is 11.9 Å². The molecule has 0 atom stereocenters. The minimum Gasteiger partial charge on any atom is -0.352 e. The molecule has 2 aromatic carbocycles. The molecule has 0 unspecified atom stereocenters. The van der Waals surface area contributed by atoms with Crippen molar-refractivity contribution < 1.29 is 4.39 Å². The van der Waals surface area contributed by atoms with Crippen molar-refractivity contribution in [2.24, 2.45) is 4.99 Å². The molecule has 26 heavy (non-hydrogen) atoms. The Morgan fingerprint density at radius 2 is 1.85 bits per heavy atom. The Kier molecular flexibility index (Phi) is 5.86. The fourth-order valence-electron chi connectivity index (χ4n) is 2.41. The summed E-state index contributed by atoms with van der Waals surface area (Å²) in [7, 11) is 1.67. The summed E-state index contributed by atoms with van der Waals surface area (Å²) in [5.74, 6) is 0.354. The Balaban J connectivity index is 1.56. The third kappa shape index (κ3) is 4.61. The van der Waals surface area contributed by atoms with E-state index >= 15 is 0 Å². The highest BCUT2D eigenvalue weighted by Gasteiger charge is 2.05. The van der Waals surface area contributed by atoms with E-state index in [-0.39, 0.29) is 5.82 Å². The van der Waals surface area contributed by atoms with E-state index in [9.17, 15) is 4.39 Å². The maximum absolute atomic E-state index is 13.7. The van der Waals surface area contributed by atoms with Gasteiger partial charge in [-0.3, -0.25) is 4.99 Å². The molecule has 0 saturated carbocycles. The van der Waals surface area contributed by atoms with Crippen molar-refractivity contribution in [3.63, 3.8) is 0 Å². The zero-order chi connectivity index (χ0) is 18.4. The monoisotopic (exact) mass is 371 g/mol. The topological polar surface area (TPSA) is 54.2 Å². The highest BCUT2D eigenvalue weighted by atomic mass is 35.5. The van der Waals surface area contributed by atoms with Crippen molar-refractivity contribution in [3.05, 3.63) is 82.9 Å². The molecule has 0 bridgehead atoms. The third-order valence-electron chi connectivity index (χ3n) is 3.81. The second kappa shape index (κ2) is 8.49. The fourth-order valence-corrected chi connectivity index (χ4v) is 2.54. The molecular formula is C19H19ClFN5. The molecule has 0 saturated heterocycles. The van der Waals surface area contributed by atoms with Gasteiger partial charge in [-0.1, -0.05) is 29.8 Å². The van der Waals surface area contributed by atoms with Gasteiger partial charge in [0.2, 0.25) is 0 Å². The van der Waals surface area contributed by atoms with Crippen molar-refractivity contribution in [1.82, 2.24) is 20.4 Å². The van der Waals surface area contributed by atoms with E-state index in [2.05, 4.69) is 20.7 Å². The maximum Gasteiger partial charge on any atom is 0.191 e. The fraction of sp³-hybridized carbons (Fsp3) is 0.158. The number of nitrogens with zero attached hydrogens (tertiary/aromatic N) is 3. The van der Waals surface area contributed by atoms with Gasteiger partial charge in [-0.2, -0.15) is 5.10 Å². The first-order chi connectivity index (χ1) is 12.7. The van der Waals surface area contributed by atoms with Gasteiger partial charge < -0.3 is 10.6 Å². The lowest BCUT2D eigenvalue weighted by Crippen LogP contribution is -2.36. The van der Waals surface area contributed by atoms with Crippen molar-refractivity contribution >= 4 is 17.6 Å². The highest BCUT2D eigenvalue weighted by molar-refractivity contribution is 6.30. The summed E-state index contributed by atoms with van der Waals surface area (Å²) in [6.45, 7) is 0.904. The molecule has 0 aliphatic rings. The predicted molar refractivity (Wildman–Crippen MR) is 102 cm³/mol. The summed E-state index contributed by atoms with van der Waals surface area (Å²) in [4.78, 5) is 4.15. The second-order valence-corrected chi connectivity index (χ2v) is 6.08. The largest absolute Gasteiger partial charge is 0.352 e. The van der Waals surface area contributed by atoms with Crippen LogP contribution in [-0.4, -0.2) is 22.8 Å². The zero-order valence-electron chi connectivity index (χ0n) is 14.3. The van der Waals surface area contributed by atoms with E-state index < -0.39 is 0 Å². The van der Waals surface area contributed by atoms with Crippen LogP contribution in [0.25, 0.3) is 5.69 Å². The van der Waals surface area contributed by atoms with E-state index in [1.54, 1.807) is 36.1 Å². The van der Waals surface area contributed by atoms with Crippen LogP contribution in [0.4, 0.5) is 4.39 Å². The average molecular weight is 372 g/mol. The molecular weight excluding hydrogens is 353 g/mol. The molecule has 3 aromatic rings. The number of aliphatic imine (C=N–C) groups is 1. The summed E-state index contributed by atoms with van der Waals surface area (Å²) in [6, 6.07) is 14.1. The molecule has 0 fully saturated rings. The van der Waals surface area contributed by atoms with Crippen LogP contribution >= 0.6 is 11.6 Å². The third-order valence-corrected chi connectivity index (χ3v) is 4.07. The number of hydrogen-bond acceptors (Lipinski definition) is 2. The molecule has 0 spiro atoms. The summed E-state index contributed by atoms with van der Waals surface area (Å²) >= 11 is 5.91. The first-order valence-corrected chi connectivity index (χ1v) is 8.51. The summed E-state index contributed by atoms with van der Waals surface area (Å²) < 4.78 is 15.4. The van der Waals surface area contributed by atoms with E-state index in [1.807, 2.05) is 30.5 Å². The quantitative estimate of drug-likeness (QED) is 0.533. The Morgan fingerprint density at radius 3 is 2.58 bits per heavy atom. The Hall–Kier alpha value is -2.86. The van der Waals surface area contributed by atoms with Crippen LogP contribution in [0.5, 0.6) is 0 Å². The van der Waals surface area contributed by atoms with Crippen LogP contribution in [0.15, 0.2) is 65.9 Å². The van der Waals surface area contributed by atoms with Gasteiger partial charge in [-0.05, 0) is 30.3 Å². The summed E-state index contributed by atoms with van der Waals surface area (Å²) in [6.07, 6.45) is 3.71. The normalized spacial score (nSPS) is 11.4. The molecule has 3 rings (SSSR count). The van der Waals surface area contributed by atoms with Crippen molar-refractivity contribution in [3.8, 4) is 5.69 Å². The molecule has 0 radical (unpaired) electrons. The van der Waals surface area contributed by atoms with Gasteiger partial charge in [0.25, 0.3) is 0 Å². The molecule has 1 aromatic heterocycles. The lowest BCUT2D eigenvalue weighted by Gasteiger charge is -2.11. The molecule has 7 heteroatoms. The first kappa shape index (κ1) is 17.9. The number of aromatic nitrogens is 2. The van der Waals surface area contributed by atoms with Crippen LogP contribution in [-0.2, 0) is 13.1 Å². The van der Waals surface area contributed by atoms with Crippen LogP contribution in [0, 0.1) is 5.82 Å². The molecule has 134 valence electrons. The molecule has 0 amide bonds. The highest BCUT2D eigenvalue weighted by Crippen LogP contribution is 2.13. The van der Waals surface area contributed by atoms with Gasteiger partial charge in [0, 0.05) is 42.5 Å². The SMILES string of the molecule is CN=C(NCc1cnn(-c2ccc(Cl)cc2)c1)NCc1ccccc1F. The second-order valence-electron chi connectivity index (χ2n) is 5.64. The number of benzene rings is 2. The van der Waals surface area contributed by atoms with E-state index in [0.29, 0.717) is 29.6 Å². The number of guanidine groups is 1. The van der Waals surface area contributed by atoms with Crippen molar-refractivity contribution in [2.45, 2.75) is 13.1 Å². The predicted octanol–water partition coefficient (Wildman–Crippen LogP) is 3.53. The number of hydrogen-bond donors (Lipinski definition) is 2. The molecule has 0 aliphatic carbocycles. The average Bonchev–Trinajstić information content (AvgIpc) is 3.13. The van der Waals surface area contributed by atoms with Crippen molar-refractivity contribution in [1.29, 1.82) is 0 Å². The minimum absolute atomic E-state index is 0.236. The first-order valence-electron chi connectivity index (χ1n) is 8.13. The van der Waals surface area contributed by atoms with E-state index in [0.717, 1.165) is 11.3 Å². The maximum atomic E-state index is 13.7. The van der Waals surface area contributed by atoms with E-state index in [1.165, 1.54) is 6.07 Å². The van der Waals surface area contributed by atoms with Gasteiger partial charge in [-0.15, -0.1) is 0 Å². The number of rotatable bonds is 5. The van der Waals surface area contributed by atoms with Gasteiger partial charge >= 0.3 is 0 Å². The van der Waals surface area contributed by atoms with Crippen LogP contribution in [0.1, 0.15) is 11.1 Å². The Labute approximate surface area is 156 Å². The van der Waals surface area contributed by atoms with Gasteiger partial charge in [0.15, 0.2) is 5.96 Å². The zero-order valence-corrected chi connectivity index (χ0v) is 15.0. The van der Waals surface area contributed by atoms with Crippen LogP contribution < -0.4 is 10.6 Å². The molecule has 0 aliphatic heterocycles. The van der Waals surface area contributed by atoms with Crippen LogP contribution in [0.3, 0.4) is 0 Å². The number of nitrogens with one attached hydrogen (secondary N) is 2. The lowest BCUT2D eigenvalue weighted by molar-refractivity contribution is 0.604. The van der Waals surface area contributed by atoms with Gasteiger partial charge in [0.1, 0.15) is 5.82 Å². The van der Waals surface area contributed by atoms with E-state index in [4.69, 9.17) is 11.6 Å². The smallest absolute Gasteiger partial charge is 0.191 e. The number of halogens is 2. The molecule has 5 nitrogen and oxygen atoms in total. The molecule has 2 N–H and O–H groups in total. The Bertz CT molecular complexity index is 889. The summed E-state index contributed by atoms with van der Waals surface area (Å²) in [5.41, 5.74) is 2.52.